The molecular weight excluding hydrogens is 473 g/mol. The number of rotatable bonds is 7. The van der Waals surface area contributed by atoms with Gasteiger partial charge in [-0.1, -0.05) is 49.6 Å². The van der Waals surface area contributed by atoms with Gasteiger partial charge in [0, 0.05) is 18.2 Å². The van der Waals surface area contributed by atoms with Crippen LogP contribution in [0.15, 0.2) is 53.4 Å². The van der Waals surface area contributed by atoms with Crippen LogP contribution in [0.1, 0.15) is 54.9 Å². The van der Waals surface area contributed by atoms with Crippen molar-refractivity contribution >= 4 is 27.7 Å². The molecule has 0 radical (unpaired) electrons. The van der Waals surface area contributed by atoms with Crippen molar-refractivity contribution < 1.29 is 27.2 Å². The lowest BCUT2D eigenvalue weighted by molar-refractivity contribution is -0.140. The van der Waals surface area contributed by atoms with Crippen LogP contribution >= 0.6 is 0 Å². The standard InChI is InChI=1S/C25H28FN3O5S/c1-17(24(31)27-19-10-3-2-4-11-19)28(15-18-9-5-7-13-21(18)26)23(30)16-29-25(32)20-12-6-8-14-22(20)35(29,33)34/h5-9,12-14,17,19H,2-4,10-11,15-16H2,1H3,(H,27,31)/t17-/m0/s1. The van der Waals surface area contributed by atoms with Crippen molar-refractivity contribution in [3.05, 3.63) is 65.5 Å². The van der Waals surface area contributed by atoms with E-state index in [0.29, 0.717) is 4.31 Å². The molecule has 186 valence electrons. The fourth-order valence-corrected chi connectivity index (χ4v) is 6.08. The summed E-state index contributed by atoms with van der Waals surface area (Å²) in [7, 11) is -4.21. The number of hydrogen-bond acceptors (Lipinski definition) is 5. The second-order valence-electron chi connectivity index (χ2n) is 8.95. The van der Waals surface area contributed by atoms with Gasteiger partial charge in [0.1, 0.15) is 23.3 Å². The Morgan fingerprint density at radius 1 is 1.09 bits per heavy atom. The summed E-state index contributed by atoms with van der Waals surface area (Å²) < 4.78 is 40.8. The fraction of sp³-hybridized carbons (Fsp3) is 0.400. The van der Waals surface area contributed by atoms with Crippen LogP contribution in [0.3, 0.4) is 0 Å². The summed E-state index contributed by atoms with van der Waals surface area (Å²) in [5, 5.41) is 2.96. The van der Waals surface area contributed by atoms with Gasteiger partial charge in [-0.3, -0.25) is 14.4 Å². The molecule has 1 fully saturated rings. The van der Waals surface area contributed by atoms with E-state index in [4.69, 9.17) is 0 Å². The van der Waals surface area contributed by atoms with Gasteiger partial charge >= 0.3 is 0 Å². The Bertz CT molecular complexity index is 1240. The maximum Gasteiger partial charge on any atom is 0.269 e. The summed E-state index contributed by atoms with van der Waals surface area (Å²) in [6.07, 6.45) is 4.82. The molecule has 35 heavy (non-hydrogen) atoms. The molecule has 4 rings (SSSR count). The average molecular weight is 502 g/mol. The predicted octanol–water partition coefficient (Wildman–Crippen LogP) is 2.84. The van der Waals surface area contributed by atoms with Crippen LogP contribution in [-0.4, -0.2) is 54.0 Å². The number of sulfonamides is 1. The molecule has 2 aromatic carbocycles. The number of carbonyl (C=O) groups excluding carboxylic acids is 3. The summed E-state index contributed by atoms with van der Waals surface area (Å²) in [6.45, 7) is 0.483. The highest BCUT2D eigenvalue weighted by Gasteiger charge is 2.43. The molecule has 1 N–H and O–H groups in total. The Morgan fingerprint density at radius 2 is 1.74 bits per heavy atom. The van der Waals surface area contributed by atoms with Crippen molar-refractivity contribution in [3.8, 4) is 0 Å². The van der Waals surface area contributed by atoms with Crippen LogP contribution in [0.25, 0.3) is 0 Å². The van der Waals surface area contributed by atoms with E-state index in [0.717, 1.165) is 37.0 Å². The molecular formula is C25H28FN3O5S. The lowest BCUT2D eigenvalue weighted by Crippen LogP contribution is -2.53. The first-order chi connectivity index (χ1) is 16.7. The number of hydrogen-bond donors (Lipinski definition) is 1. The number of amides is 3. The summed E-state index contributed by atoms with van der Waals surface area (Å²) in [5.41, 5.74) is 0.168. The van der Waals surface area contributed by atoms with Crippen molar-refractivity contribution in [1.82, 2.24) is 14.5 Å². The largest absolute Gasteiger partial charge is 0.352 e. The molecule has 10 heteroatoms. The van der Waals surface area contributed by atoms with Crippen LogP contribution in [0, 0.1) is 5.82 Å². The molecule has 0 unspecified atom stereocenters. The third kappa shape index (κ3) is 5.07. The van der Waals surface area contributed by atoms with E-state index in [9.17, 15) is 27.2 Å². The molecule has 1 aliphatic heterocycles. The number of halogens is 1. The number of carbonyl (C=O) groups is 3. The van der Waals surface area contributed by atoms with Crippen LogP contribution in [0.4, 0.5) is 4.39 Å². The van der Waals surface area contributed by atoms with E-state index in [2.05, 4.69) is 5.32 Å². The number of nitrogens with one attached hydrogen (secondary N) is 1. The molecule has 8 nitrogen and oxygen atoms in total. The maximum atomic E-state index is 14.4. The molecule has 1 saturated carbocycles. The van der Waals surface area contributed by atoms with Gasteiger partial charge in [0.05, 0.1) is 5.56 Å². The Hall–Kier alpha value is -3.27. The fourth-order valence-electron chi connectivity index (χ4n) is 4.56. The zero-order chi connectivity index (χ0) is 25.2. The van der Waals surface area contributed by atoms with E-state index in [-0.39, 0.29) is 28.6 Å². The molecule has 1 heterocycles. The third-order valence-electron chi connectivity index (χ3n) is 6.61. The highest BCUT2D eigenvalue weighted by Crippen LogP contribution is 2.30. The normalized spacial score (nSPS) is 18.1. The Morgan fingerprint density at radius 3 is 2.43 bits per heavy atom. The number of nitrogens with zero attached hydrogens (tertiary/aromatic N) is 2. The summed E-state index contributed by atoms with van der Waals surface area (Å²) in [6, 6.07) is 10.6. The second kappa shape index (κ2) is 10.2. The molecule has 0 aromatic heterocycles. The summed E-state index contributed by atoms with van der Waals surface area (Å²) in [5.74, 6) is -2.54. The van der Waals surface area contributed by atoms with E-state index in [1.807, 2.05) is 0 Å². The van der Waals surface area contributed by atoms with E-state index in [1.54, 1.807) is 12.1 Å². The van der Waals surface area contributed by atoms with Crippen molar-refractivity contribution in [2.24, 2.45) is 0 Å². The van der Waals surface area contributed by atoms with Gasteiger partial charge < -0.3 is 10.2 Å². The van der Waals surface area contributed by atoms with Gasteiger partial charge in [-0.15, -0.1) is 0 Å². The van der Waals surface area contributed by atoms with Gasteiger partial charge in [-0.2, -0.15) is 0 Å². The van der Waals surface area contributed by atoms with Crippen molar-refractivity contribution in [2.75, 3.05) is 6.54 Å². The van der Waals surface area contributed by atoms with Crippen LogP contribution < -0.4 is 5.32 Å². The maximum absolute atomic E-state index is 14.4. The quantitative estimate of drug-likeness (QED) is 0.628. The Kier molecular flexibility index (Phi) is 7.20. The van der Waals surface area contributed by atoms with Gasteiger partial charge in [0.2, 0.25) is 11.8 Å². The molecule has 2 aliphatic rings. The van der Waals surface area contributed by atoms with E-state index < -0.39 is 46.1 Å². The minimum atomic E-state index is -4.21. The first kappa shape index (κ1) is 24.8. The lowest BCUT2D eigenvalue weighted by Gasteiger charge is -2.32. The average Bonchev–Trinajstić information content (AvgIpc) is 3.04. The van der Waals surface area contributed by atoms with Crippen molar-refractivity contribution in [1.29, 1.82) is 0 Å². The summed E-state index contributed by atoms with van der Waals surface area (Å²) in [4.78, 5) is 40.2. The van der Waals surface area contributed by atoms with E-state index >= 15 is 0 Å². The lowest BCUT2D eigenvalue weighted by atomic mass is 9.95. The van der Waals surface area contributed by atoms with Gasteiger partial charge in [-0.25, -0.2) is 17.1 Å². The molecule has 3 amide bonds. The Balaban J connectivity index is 1.58. The van der Waals surface area contributed by atoms with Gasteiger partial charge in [0.15, 0.2) is 0 Å². The van der Waals surface area contributed by atoms with E-state index in [1.165, 1.54) is 43.3 Å². The molecule has 2 aromatic rings. The molecule has 0 saturated heterocycles. The number of fused-ring (bicyclic) bond motifs is 1. The van der Waals surface area contributed by atoms with Crippen LogP contribution in [0.2, 0.25) is 0 Å². The summed E-state index contributed by atoms with van der Waals surface area (Å²) >= 11 is 0. The Labute approximate surface area is 204 Å². The predicted molar refractivity (Wildman–Crippen MR) is 126 cm³/mol. The first-order valence-electron chi connectivity index (χ1n) is 11.7. The van der Waals surface area contributed by atoms with Crippen LogP contribution in [0.5, 0.6) is 0 Å². The highest BCUT2D eigenvalue weighted by molar-refractivity contribution is 7.90. The minimum Gasteiger partial charge on any atom is -0.352 e. The molecule has 0 spiro atoms. The third-order valence-corrected chi connectivity index (χ3v) is 8.40. The topological polar surface area (TPSA) is 104 Å². The SMILES string of the molecule is C[C@@H](C(=O)NC1CCCCC1)N(Cc1ccccc1F)C(=O)CN1C(=O)c2ccccc2S1(=O)=O. The zero-order valence-electron chi connectivity index (χ0n) is 19.4. The van der Waals surface area contributed by atoms with Gasteiger partial charge in [0.25, 0.3) is 15.9 Å². The first-order valence-corrected chi connectivity index (χ1v) is 13.1. The van der Waals surface area contributed by atoms with Crippen molar-refractivity contribution in [3.63, 3.8) is 0 Å². The van der Waals surface area contributed by atoms with Crippen molar-refractivity contribution in [2.45, 2.75) is 62.6 Å². The zero-order valence-corrected chi connectivity index (χ0v) is 20.3. The highest BCUT2D eigenvalue weighted by atomic mass is 32.2. The molecule has 1 aliphatic carbocycles. The molecule has 1 atom stereocenters. The number of benzene rings is 2. The monoisotopic (exact) mass is 501 g/mol. The second-order valence-corrected chi connectivity index (χ2v) is 10.8. The molecule has 0 bridgehead atoms. The minimum absolute atomic E-state index is 0.000787. The van der Waals surface area contributed by atoms with Crippen LogP contribution in [-0.2, 0) is 26.2 Å². The smallest absolute Gasteiger partial charge is 0.269 e. The van der Waals surface area contributed by atoms with Gasteiger partial charge in [-0.05, 0) is 38.0 Å².